The lowest BCUT2D eigenvalue weighted by Crippen LogP contribution is -2.40. The second-order valence-corrected chi connectivity index (χ2v) is 7.36. The lowest BCUT2D eigenvalue weighted by atomic mass is 9.98. The summed E-state index contributed by atoms with van der Waals surface area (Å²) in [6.07, 6.45) is 3.32. The van der Waals surface area contributed by atoms with Gasteiger partial charge in [-0.1, -0.05) is 0 Å². The Kier molecular flexibility index (Phi) is 5.55. The standard InChI is InChI=1S/C14H21N3O5S/c1-15-23(21,22)12-5-6-13(14(10-12)17(19)20)16-8-3-2-4-11(16)7-9-18/h5-6,10-11,15,18H,2-4,7-9H2,1H3. The molecule has 1 fully saturated rings. The average Bonchev–Trinajstić information content (AvgIpc) is 2.55. The number of hydrogen-bond donors (Lipinski definition) is 2. The van der Waals surface area contributed by atoms with Crippen molar-refractivity contribution in [1.82, 2.24) is 4.72 Å². The lowest BCUT2D eigenvalue weighted by molar-refractivity contribution is -0.384. The van der Waals surface area contributed by atoms with Gasteiger partial charge in [0.1, 0.15) is 5.69 Å². The fourth-order valence-corrected chi connectivity index (χ4v) is 3.69. The maximum atomic E-state index is 11.8. The summed E-state index contributed by atoms with van der Waals surface area (Å²) in [4.78, 5) is 12.6. The largest absolute Gasteiger partial charge is 0.396 e. The Balaban J connectivity index is 2.47. The molecule has 1 heterocycles. The van der Waals surface area contributed by atoms with Crippen molar-refractivity contribution in [2.45, 2.75) is 36.6 Å². The summed E-state index contributed by atoms with van der Waals surface area (Å²) in [7, 11) is -2.48. The van der Waals surface area contributed by atoms with Crippen molar-refractivity contribution in [1.29, 1.82) is 0 Å². The first-order valence-electron chi connectivity index (χ1n) is 7.50. The van der Waals surface area contributed by atoms with E-state index in [0.717, 1.165) is 25.3 Å². The van der Waals surface area contributed by atoms with Crippen LogP contribution in [0.2, 0.25) is 0 Å². The number of hydrogen-bond acceptors (Lipinski definition) is 6. The highest BCUT2D eigenvalue weighted by Gasteiger charge is 2.29. The van der Waals surface area contributed by atoms with E-state index in [2.05, 4.69) is 4.72 Å². The Labute approximate surface area is 135 Å². The Morgan fingerprint density at radius 2 is 2.17 bits per heavy atom. The van der Waals surface area contributed by atoms with Gasteiger partial charge in [0.15, 0.2) is 0 Å². The van der Waals surface area contributed by atoms with Crippen LogP contribution >= 0.6 is 0 Å². The molecule has 1 unspecified atom stereocenters. The van der Waals surface area contributed by atoms with Crippen LogP contribution in [0.25, 0.3) is 0 Å². The zero-order chi connectivity index (χ0) is 17.0. The number of aliphatic hydroxyl groups is 1. The number of anilines is 1. The predicted octanol–water partition coefficient (Wildman–Crippen LogP) is 1.24. The number of benzene rings is 1. The van der Waals surface area contributed by atoms with Gasteiger partial charge in [0, 0.05) is 25.3 Å². The minimum absolute atomic E-state index is 0.0151. The number of piperidine rings is 1. The molecule has 1 aromatic carbocycles. The molecular weight excluding hydrogens is 322 g/mol. The van der Waals surface area contributed by atoms with Crippen molar-refractivity contribution >= 4 is 21.4 Å². The first-order chi connectivity index (χ1) is 10.9. The minimum Gasteiger partial charge on any atom is -0.396 e. The molecule has 0 aliphatic carbocycles. The number of nitrogens with one attached hydrogen (secondary N) is 1. The van der Waals surface area contributed by atoms with Crippen LogP contribution in [-0.4, -0.2) is 44.7 Å². The van der Waals surface area contributed by atoms with Gasteiger partial charge in [-0.15, -0.1) is 0 Å². The van der Waals surface area contributed by atoms with E-state index in [-0.39, 0.29) is 23.2 Å². The Morgan fingerprint density at radius 3 is 2.78 bits per heavy atom. The Hall–Kier alpha value is -1.71. The van der Waals surface area contributed by atoms with Crippen molar-refractivity contribution in [3.05, 3.63) is 28.3 Å². The SMILES string of the molecule is CNS(=O)(=O)c1ccc(N2CCCCC2CCO)c([N+](=O)[O-])c1. The molecule has 8 nitrogen and oxygen atoms in total. The zero-order valence-corrected chi connectivity index (χ0v) is 13.8. The second kappa shape index (κ2) is 7.24. The fraction of sp³-hybridized carbons (Fsp3) is 0.571. The highest BCUT2D eigenvalue weighted by atomic mass is 32.2. The molecule has 2 N–H and O–H groups in total. The monoisotopic (exact) mass is 343 g/mol. The third kappa shape index (κ3) is 3.80. The smallest absolute Gasteiger partial charge is 0.293 e. The van der Waals surface area contributed by atoms with Crippen LogP contribution in [0.5, 0.6) is 0 Å². The molecule has 1 aromatic rings. The van der Waals surface area contributed by atoms with Gasteiger partial charge in [-0.05, 0) is 44.9 Å². The molecule has 1 aliphatic rings. The molecular formula is C14H21N3O5S. The molecule has 0 spiro atoms. The number of nitro benzene ring substituents is 1. The van der Waals surface area contributed by atoms with E-state index in [1.54, 1.807) is 0 Å². The van der Waals surface area contributed by atoms with Gasteiger partial charge in [-0.2, -0.15) is 0 Å². The van der Waals surface area contributed by atoms with Crippen molar-refractivity contribution in [2.75, 3.05) is 25.1 Å². The van der Waals surface area contributed by atoms with Gasteiger partial charge in [0.2, 0.25) is 10.0 Å². The van der Waals surface area contributed by atoms with Crippen LogP contribution in [0.3, 0.4) is 0 Å². The van der Waals surface area contributed by atoms with E-state index in [4.69, 9.17) is 0 Å². The quantitative estimate of drug-likeness (QED) is 0.593. The van der Waals surface area contributed by atoms with Crippen LogP contribution < -0.4 is 9.62 Å². The molecule has 0 radical (unpaired) electrons. The number of aliphatic hydroxyl groups excluding tert-OH is 1. The van der Waals surface area contributed by atoms with E-state index in [9.17, 15) is 23.6 Å². The lowest BCUT2D eigenvalue weighted by Gasteiger charge is -2.37. The van der Waals surface area contributed by atoms with Crippen molar-refractivity contribution in [3.8, 4) is 0 Å². The second-order valence-electron chi connectivity index (χ2n) is 5.47. The van der Waals surface area contributed by atoms with Crippen LogP contribution in [-0.2, 0) is 10.0 Å². The molecule has 128 valence electrons. The maximum absolute atomic E-state index is 11.8. The molecule has 0 bridgehead atoms. The van der Waals surface area contributed by atoms with Gasteiger partial charge in [-0.3, -0.25) is 10.1 Å². The molecule has 9 heteroatoms. The highest BCUT2D eigenvalue weighted by Crippen LogP contribution is 2.35. The number of nitrogens with zero attached hydrogens (tertiary/aromatic N) is 2. The van der Waals surface area contributed by atoms with E-state index in [1.807, 2.05) is 4.90 Å². The first kappa shape index (κ1) is 17.6. The Morgan fingerprint density at radius 1 is 1.43 bits per heavy atom. The number of nitro groups is 1. The molecule has 0 aromatic heterocycles. The van der Waals surface area contributed by atoms with Gasteiger partial charge in [0.25, 0.3) is 5.69 Å². The summed E-state index contributed by atoms with van der Waals surface area (Å²) in [5.41, 5.74) is 0.175. The summed E-state index contributed by atoms with van der Waals surface area (Å²) in [5, 5.41) is 20.6. The van der Waals surface area contributed by atoms with Crippen molar-refractivity contribution < 1.29 is 18.4 Å². The average molecular weight is 343 g/mol. The Bertz CT molecular complexity index is 675. The van der Waals surface area contributed by atoms with Crippen molar-refractivity contribution in [3.63, 3.8) is 0 Å². The topological polar surface area (TPSA) is 113 Å². The molecule has 1 atom stereocenters. The third-order valence-electron chi connectivity index (χ3n) is 4.12. The van der Waals surface area contributed by atoms with E-state index in [1.165, 1.54) is 19.2 Å². The first-order valence-corrected chi connectivity index (χ1v) is 8.98. The summed E-state index contributed by atoms with van der Waals surface area (Å²) >= 11 is 0. The van der Waals surface area contributed by atoms with Crippen LogP contribution in [0.4, 0.5) is 11.4 Å². The van der Waals surface area contributed by atoms with Gasteiger partial charge >= 0.3 is 0 Å². The van der Waals surface area contributed by atoms with Gasteiger partial charge < -0.3 is 10.0 Å². The third-order valence-corrected chi connectivity index (χ3v) is 5.53. The zero-order valence-electron chi connectivity index (χ0n) is 12.9. The maximum Gasteiger partial charge on any atom is 0.293 e. The summed E-state index contributed by atoms with van der Waals surface area (Å²) in [6, 6.07) is 3.97. The molecule has 1 aliphatic heterocycles. The van der Waals surface area contributed by atoms with Crippen molar-refractivity contribution in [2.24, 2.45) is 0 Å². The van der Waals surface area contributed by atoms with E-state index in [0.29, 0.717) is 18.7 Å². The fourth-order valence-electron chi connectivity index (χ4n) is 2.94. The van der Waals surface area contributed by atoms with E-state index < -0.39 is 14.9 Å². The molecule has 0 amide bonds. The van der Waals surface area contributed by atoms with E-state index >= 15 is 0 Å². The van der Waals surface area contributed by atoms with Crippen LogP contribution in [0.1, 0.15) is 25.7 Å². The van der Waals surface area contributed by atoms with Crippen LogP contribution in [0.15, 0.2) is 23.1 Å². The van der Waals surface area contributed by atoms with Crippen LogP contribution in [0, 0.1) is 10.1 Å². The minimum atomic E-state index is -3.74. The highest BCUT2D eigenvalue weighted by molar-refractivity contribution is 7.89. The molecule has 23 heavy (non-hydrogen) atoms. The summed E-state index contributed by atoms with van der Waals surface area (Å²) in [6.45, 7) is 0.671. The number of sulfonamides is 1. The van der Waals surface area contributed by atoms with Gasteiger partial charge in [0.05, 0.1) is 9.82 Å². The normalized spacial score (nSPS) is 18.9. The molecule has 0 saturated carbocycles. The number of rotatable bonds is 6. The van der Waals surface area contributed by atoms with Gasteiger partial charge in [-0.25, -0.2) is 13.1 Å². The summed E-state index contributed by atoms with van der Waals surface area (Å²) in [5.74, 6) is 0. The molecule has 2 rings (SSSR count). The summed E-state index contributed by atoms with van der Waals surface area (Å²) < 4.78 is 25.9. The predicted molar refractivity (Wildman–Crippen MR) is 86.0 cm³/mol. The molecule has 1 saturated heterocycles.